The second-order valence-corrected chi connectivity index (χ2v) is 12.8. The van der Waals surface area contributed by atoms with Crippen LogP contribution in [0.1, 0.15) is 41.7 Å². The van der Waals surface area contributed by atoms with Gasteiger partial charge in [-0.2, -0.15) is 0 Å². The Morgan fingerprint density at radius 3 is 2.02 bits per heavy atom. The third-order valence-electron chi connectivity index (χ3n) is 7.74. The van der Waals surface area contributed by atoms with Crippen LogP contribution in [0.2, 0.25) is 0 Å². The molecule has 0 aliphatic carbocycles. The third-order valence-corrected chi connectivity index (χ3v) is 9.12. The number of rotatable bonds is 10. The third kappa shape index (κ3) is 7.72. The zero-order chi connectivity index (χ0) is 30.3. The molecule has 3 aromatic rings. The molecule has 4 N–H and O–H groups in total. The number of nitrogens with zero attached hydrogens (tertiary/aromatic N) is 1. The lowest BCUT2D eigenvalue weighted by molar-refractivity contribution is -0.147. The lowest BCUT2D eigenvalue weighted by Gasteiger charge is -2.33. The van der Waals surface area contributed by atoms with E-state index >= 15 is 0 Å². The largest absolute Gasteiger partial charge is 0.381 e. The van der Waals surface area contributed by atoms with Crippen molar-refractivity contribution in [3.63, 3.8) is 0 Å². The quantitative estimate of drug-likeness (QED) is 0.286. The van der Waals surface area contributed by atoms with Crippen molar-refractivity contribution in [1.29, 1.82) is 0 Å². The van der Waals surface area contributed by atoms with Gasteiger partial charge in [0.05, 0.1) is 11.9 Å². The van der Waals surface area contributed by atoms with Gasteiger partial charge in [-0.15, -0.1) is 11.8 Å². The Morgan fingerprint density at radius 2 is 1.43 bits per heavy atom. The summed E-state index contributed by atoms with van der Waals surface area (Å²) in [4.78, 5) is 41.7. The first-order chi connectivity index (χ1) is 20.1. The molecule has 1 heterocycles. The number of hydrogen-bond donors (Lipinski definition) is 4. The van der Waals surface area contributed by atoms with Crippen molar-refractivity contribution in [2.24, 2.45) is 0 Å². The zero-order valence-corrected chi connectivity index (χ0v) is 25.4. The SMILES string of the molecule is Cc1ccccc1CNC(=O)NC(Cc1ccccc1)C(O)C(=O)N1CSC(C)(C)C1C(=O)NCc1ccccc1C. The molecule has 0 spiro atoms. The van der Waals surface area contributed by atoms with Gasteiger partial charge in [0.1, 0.15) is 6.04 Å². The Hall–Kier alpha value is -3.82. The van der Waals surface area contributed by atoms with Crippen LogP contribution in [0.15, 0.2) is 78.9 Å². The zero-order valence-electron chi connectivity index (χ0n) is 24.6. The van der Waals surface area contributed by atoms with Crippen molar-refractivity contribution in [3.8, 4) is 0 Å². The van der Waals surface area contributed by atoms with Crippen molar-refractivity contribution in [3.05, 3.63) is 107 Å². The van der Waals surface area contributed by atoms with Crippen LogP contribution in [-0.4, -0.2) is 56.7 Å². The number of benzene rings is 3. The van der Waals surface area contributed by atoms with E-state index in [0.29, 0.717) is 13.1 Å². The van der Waals surface area contributed by atoms with Crippen LogP contribution in [0.25, 0.3) is 0 Å². The van der Waals surface area contributed by atoms with Crippen LogP contribution in [0.3, 0.4) is 0 Å². The Labute approximate surface area is 252 Å². The molecular formula is C33H40N4O4S. The Morgan fingerprint density at radius 1 is 0.881 bits per heavy atom. The smallest absolute Gasteiger partial charge is 0.315 e. The van der Waals surface area contributed by atoms with E-state index in [1.807, 2.05) is 107 Å². The summed E-state index contributed by atoms with van der Waals surface area (Å²) in [6.07, 6.45) is -1.32. The topological polar surface area (TPSA) is 111 Å². The highest BCUT2D eigenvalue weighted by atomic mass is 32.2. The average Bonchev–Trinajstić information content (AvgIpc) is 3.30. The number of hydrogen-bond acceptors (Lipinski definition) is 5. The van der Waals surface area contributed by atoms with E-state index in [1.54, 1.807) is 0 Å². The van der Waals surface area contributed by atoms with Crippen LogP contribution >= 0.6 is 11.8 Å². The second-order valence-electron chi connectivity index (χ2n) is 11.2. The van der Waals surface area contributed by atoms with E-state index in [0.717, 1.165) is 27.8 Å². The molecule has 1 fully saturated rings. The van der Waals surface area contributed by atoms with Crippen LogP contribution in [0, 0.1) is 13.8 Å². The maximum Gasteiger partial charge on any atom is 0.315 e. The Bertz CT molecular complexity index is 1400. The molecule has 0 radical (unpaired) electrons. The number of thioether (sulfide) groups is 1. The number of carbonyl (C=O) groups is 3. The number of nitrogens with one attached hydrogen (secondary N) is 3. The standard InChI is InChI=1S/C33H40N4O4S/c1-22-12-8-10-16-25(22)19-34-30(39)29-33(3,4)42-21-37(29)31(40)28(38)27(18-24-14-6-5-7-15-24)36-32(41)35-20-26-17-11-9-13-23(26)2/h5-17,27-29,38H,18-21H2,1-4H3,(H,34,39)(H2,35,36,41). The van der Waals surface area contributed by atoms with E-state index in [1.165, 1.54) is 16.7 Å². The van der Waals surface area contributed by atoms with Crippen molar-refractivity contribution < 1.29 is 19.5 Å². The fourth-order valence-corrected chi connectivity index (χ4v) is 6.30. The molecule has 8 nitrogen and oxygen atoms in total. The van der Waals surface area contributed by atoms with Crippen molar-refractivity contribution >= 4 is 29.6 Å². The highest BCUT2D eigenvalue weighted by molar-refractivity contribution is 8.00. The number of carbonyl (C=O) groups excluding carboxylic acids is 3. The lowest BCUT2D eigenvalue weighted by atomic mass is 9.97. The Balaban J connectivity index is 1.48. The van der Waals surface area contributed by atoms with Gasteiger partial charge in [0.15, 0.2) is 6.10 Å². The molecule has 0 aromatic heterocycles. The second kappa shape index (κ2) is 13.9. The first kappa shape index (κ1) is 31.1. The molecule has 42 heavy (non-hydrogen) atoms. The van der Waals surface area contributed by atoms with Gasteiger partial charge in [-0.25, -0.2) is 4.79 Å². The maximum atomic E-state index is 13.8. The minimum atomic E-state index is -1.56. The number of aryl methyl sites for hydroxylation is 2. The molecule has 1 aliphatic rings. The summed E-state index contributed by atoms with van der Waals surface area (Å²) in [5, 5.41) is 20.1. The summed E-state index contributed by atoms with van der Waals surface area (Å²) >= 11 is 1.48. The first-order valence-corrected chi connectivity index (χ1v) is 15.1. The summed E-state index contributed by atoms with van der Waals surface area (Å²) in [6, 6.07) is 22.8. The van der Waals surface area contributed by atoms with Crippen LogP contribution in [0.4, 0.5) is 4.79 Å². The summed E-state index contributed by atoms with van der Waals surface area (Å²) in [7, 11) is 0. The molecule has 3 atom stereocenters. The Kier molecular flexibility index (Phi) is 10.3. The monoisotopic (exact) mass is 588 g/mol. The number of amides is 4. The summed E-state index contributed by atoms with van der Waals surface area (Å²) in [6.45, 7) is 8.45. The van der Waals surface area contributed by atoms with Gasteiger partial charge in [-0.3, -0.25) is 9.59 Å². The van der Waals surface area contributed by atoms with Crippen molar-refractivity contribution in [2.45, 2.75) is 70.1 Å². The number of aliphatic hydroxyl groups is 1. The van der Waals surface area contributed by atoms with Gasteiger partial charge in [-0.1, -0.05) is 78.9 Å². The predicted octanol–water partition coefficient (Wildman–Crippen LogP) is 4.07. The van der Waals surface area contributed by atoms with E-state index in [2.05, 4.69) is 16.0 Å². The molecule has 3 unspecified atom stereocenters. The fourth-order valence-electron chi connectivity index (χ4n) is 5.16. The molecule has 4 amide bonds. The highest BCUT2D eigenvalue weighted by Gasteiger charge is 2.49. The van der Waals surface area contributed by atoms with Crippen LogP contribution in [-0.2, 0) is 29.1 Å². The van der Waals surface area contributed by atoms with Gasteiger partial charge < -0.3 is 26.0 Å². The van der Waals surface area contributed by atoms with Crippen molar-refractivity contribution in [2.75, 3.05) is 5.88 Å². The molecular weight excluding hydrogens is 548 g/mol. The molecule has 1 saturated heterocycles. The average molecular weight is 589 g/mol. The van der Waals surface area contributed by atoms with Gasteiger partial charge in [0.2, 0.25) is 5.91 Å². The van der Waals surface area contributed by atoms with E-state index in [4.69, 9.17) is 0 Å². The normalized spacial score (nSPS) is 17.3. The van der Waals surface area contributed by atoms with Crippen molar-refractivity contribution in [1.82, 2.24) is 20.9 Å². The predicted molar refractivity (Wildman–Crippen MR) is 167 cm³/mol. The maximum absolute atomic E-state index is 13.8. The summed E-state index contributed by atoms with van der Waals surface area (Å²) in [5.74, 6) is -0.621. The molecule has 222 valence electrons. The molecule has 4 rings (SSSR count). The van der Waals surface area contributed by atoms with E-state index in [9.17, 15) is 19.5 Å². The summed E-state index contributed by atoms with van der Waals surface area (Å²) in [5.41, 5.74) is 4.94. The van der Waals surface area contributed by atoms with Crippen LogP contribution < -0.4 is 16.0 Å². The van der Waals surface area contributed by atoms with Gasteiger partial charge in [0.25, 0.3) is 5.91 Å². The molecule has 0 bridgehead atoms. The fraction of sp³-hybridized carbons (Fsp3) is 0.364. The van der Waals surface area contributed by atoms with Gasteiger partial charge in [-0.05, 0) is 61.9 Å². The minimum Gasteiger partial charge on any atom is -0.381 e. The summed E-state index contributed by atoms with van der Waals surface area (Å²) < 4.78 is -0.571. The molecule has 3 aromatic carbocycles. The van der Waals surface area contributed by atoms with Crippen LogP contribution in [0.5, 0.6) is 0 Å². The van der Waals surface area contributed by atoms with E-state index in [-0.39, 0.29) is 18.2 Å². The molecule has 1 aliphatic heterocycles. The van der Waals surface area contributed by atoms with Gasteiger partial charge in [0, 0.05) is 17.8 Å². The van der Waals surface area contributed by atoms with E-state index < -0.39 is 34.9 Å². The highest BCUT2D eigenvalue weighted by Crippen LogP contribution is 2.40. The first-order valence-electron chi connectivity index (χ1n) is 14.1. The number of aliphatic hydroxyl groups excluding tert-OH is 1. The molecule has 0 saturated carbocycles. The van der Waals surface area contributed by atoms with Gasteiger partial charge >= 0.3 is 6.03 Å². The lowest BCUT2D eigenvalue weighted by Crippen LogP contribution is -2.59. The molecule has 9 heteroatoms. The number of urea groups is 1. The minimum absolute atomic E-state index is 0.236.